The molecule has 5 heteroatoms. The molecule has 3 aromatic carbocycles. The third-order valence-corrected chi connectivity index (χ3v) is 6.93. The lowest BCUT2D eigenvalue weighted by Gasteiger charge is -2.15. The van der Waals surface area contributed by atoms with Gasteiger partial charge in [-0.05, 0) is 73.2 Å². The van der Waals surface area contributed by atoms with Crippen LogP contribution in [0.5, 0.6) is 11.5 Å². The maximum atomic E-state index is 12.9. The van der Waals surface area contributed by atoms with Crippen LogP contribution in [0.2, 0.25) is 0 Å². The number of nitrogens with zero attached hydrogens (tertiary/aromatic N) is 1. The summed E-state index contributed by atoms with van der Waals surface area (Å²) in [5.41, 5.74) is 7.84. The molecule has 5 rings (SSSR count). The molecule has 1 amide bonds. The van der Waals surface area contributed by atoms with Gasteiger partial charge in [0.15, 0.2) is 11.5 Å². The van der Waals surface area contributed by atoms with Gasteiger partial charge in [0, 0.05) is 29.1 Å². The number of benzene rings is 3. The van der Waals surface area contributed by atoms with Gasteiger partial charge in [-0.15, -0.1) is 0 Å². The number of aryl methyl sites for hydroxylation is 1. The quantitative estimate of drug-likeness (QED) is 0.313. The van der Waals surface area contributed by atoms with Crippen molar-refractivity contribution in [2.75, 3.05) is 14.2 Å². The van der Waals surface area contributed by atoms with Crippen molar-refractivity contribution in [3.63, 3.8) is 0 Å². The van der Waals surface area contributed by atoms with E-state index in [0.29, 0.717) is 23.6 Å². The largest absolute Gasteiger partial charge is 0.493 e. The third-order valence-electron chi connectivity index (χ3n) is 6.93. The number of carbonyl (C=O) groups is 1. The first-order chi connectivity index (χ1) is 17.7. The molecule has 0 radical (unpaired) electrons. The van der Waals surface area contributed by atoms with Crippen molar-refractivity contribution in [1.29, 1.82) is 0 Å². The van der Waals surface area contributed by atoms with Crippen molar-refractivity contribution in [3.05, 3.63) is 101 Å². The average Bonchev–Trinajstić information content (AvgIpc) is 3.14. The highest BCUT2D eigenvalue weighted by Gasteiger charge is 2.20. The van der Waals surface area contributed by atoms with E-state index in [4.69, 9.17) is 9.47 Å². The molecular weight excluding hydrogens is 448 g/mol. The second kappa shape index (κ2) is 10.7. The Bertz CT molecular complexity index is 1340. The SMILES string of the molecule is COc1cccc(CNC(=O)c2ccc(-n3c(-c4ccccc4)cc4c3CCCCC4)cc2)c1OC. The number of para-hydroxylation sites is 1. The Labute approximate surface area is 212 Å². The summed E-state index contributed by atoms with van der Waals surface area (Å²) in [6.45, 7) is 0.351. The molecule has 5 nitrogen and oxygen atoms in total. The molecule has 1 aliphatic rings. The van der Waals surface area contributed by atoms with Gasteiger partial charge in [0.05, 0.1) is 19.9 Å². The smallest absolute Gasteiger partial charge is 0.251 e. The first kappa shape index (κ1) is 23.7. The van der Waals surface area contributed by atoms with Crippen LogP contribution in [0.3, 0.4) is 0 Å². The number of fused-ring (bicyclic) bond motifs is 1. The van der Waals surface area contributed by atoms with Crippen LogP contribution >= 0.6 is 0 Å². The van der Waals surface area contributed by atoms with Crippen molar-refractivity contribution in [2.45, 2.75) is 38.6 Å². The van der Waals surface area contributed by atoms with Crippen LogP contribution < -0.4 is 14.8 Å². The van der Waals surface area contributed by atoms with E-state index >= 15 is 0 Å². The number of methoxy groups -OCH3 is 2. The molecule has 0 fully saturated rings. The molecule has 1 aromatic heterocycles. The van der Waals surface area contributed by atoms with Gasteiger partial charge in [0.25, 0.3) is 5.91 Å². The summed E-state index contributed by atoms with van der Waals surface area (Å²) < 4.78 is 13.2. The first-order valence-electron chi connectivity index (χ1n) is 12.6. The zero-order chi connectivity index (χ0) is 24.9. The summed E-state index contributed by atoms with van der Waals surface area (Å²) >= 11 is 0. The van der Waals surface area contributed by atoms with Crippen molar-refractivity contribution in [3.8, 4) is 28.4 Å². The van der Waals surface area contributed by atoms with Gasteiger partial charge in [-0.25, -0.2) is 0 Å². The normalized spacial score (nSPS) is 12.9. The number of amides is 1. The van der Waals surface area contributed by atoms with E-state index in [1.54, 1.807) is 14.2 Å². The van der Waals surface area contributed by atoms with E-state index < -0.39 is 0 Å². The molecule has 0 bridgehead atoms. The van der Waals surface area contributed by atoms with Gasteiger partial charge < -0.3 is 19.4 Å². The Morgan fingerprint density at radius 2 is 1.64 bits per heavy atom. The summed E-state index contributed by atoms with van der Waals surface area (Å²) in [4.78, 5) is 12.9. The number of rotatable bonds is 7. The fourth-order valence-corrected chi connectivity index (χ4v) is 5.12. The fourth-order valence-electron chi connectivity index (χ4n) is 5.12. The van der Waals surface area contributed by atoms with E-state index in [1.807, 2.05) is 30.3 Å². The Balaban J connectivity index is 1.40. The molecule has 36 heavy (non-hydrogen) atoms. The number of carbonyl (C=O) groups excluding carboxylic acids is 1. The van der Waals surface area contributed by atoms with Crippen LogP contribution in [0.15, 0.2) is 78.9 Å². The monoisotopic (exact) mass is 480 g/mol. The summed E-state index contributed by atoms with van der Waals surface area (Å²) in [6.07, 6.45) is 5.91. The first-order valence-corrected chi connectivity index (χ1v) is 12.6. The topological polar surface area (TPSA) is 52.5 Å². The molecule has 0 spiro atoms. The summed E-state index contributed by atoms with van der Waals surface area (Å²) in [7, 11) is 3.21. The number of ether oxygens (including phenoxy) is 2. The summed E-state index contributed by atoms with van der Waals surface area (Å²) in [6, 6.07) is 26.5. The van der Waals surface area contributed by atoms with Gasteiger partial charge in [-0.3, -0.25) is 4.79 Å². The van der Waals surface area contributed by atoms with Gasteiger partial charge in [0.2, 0.25) is 0 Å². The molecule has 1 aliphatic carbocycles. The maximum absolute atomic E-state index is 12.9. The second-order valence-corrected chi connectivity index (χ2v) is 9.15. The number of hydrogen-bond donors (Lipinski definition) is 1. The Kier molecular flexibility index (Phi) is 7.08. The van der Waals surface area contributed by atoms with Gasteiger partial charge in [0.1, 0.15) is 0 Å². The van der Waals surface area contributed by atoms with E-state index in [9.17, 15) is 4.79 Å². The number of nitrogens with one attached hydrogen (secondary N) is 1. The molecule has 1 heterocycles. The molecule has 0 saturated heterocycles. The molecule has 0 unspecified atom stereocenters. The summed E-state index contributed by atoms with van der Waals surface area (Å²) in [5, 5.41) is 3.01. The van der Waals surface area contributed by atoms with Gasteiger partial charge in [-0.2, -0.15) is 0 Å². The predicted molar refractivity (Wildman–Crippen MR) is 143 cm³/mol. The van der Waals surface area contributed by atoms with Crippen molar-refractivity contribution in [1.82, 2.24) is 9.88 Å². The van der Waals surface area contributed by atoms with E-state index in [2.05, 4.69) is 58.4 Å². The van der Waals surface area contributed by atoms with Crippen LogP contribution in [-0.4, -0.2) is 24.7 Å². The molecule has 4 aromatic rings. The van der Waals surface area contributed by atoms with Gasteiger partial charge >= 0.3 is 0 Å². The van der Waals surface area contributed by atoms with Crippen LogP contribution in [0.4, 0.5) is 0 Å². The van der Waals surface area contributed by atoms with Crippen LogP contribution in [0.25, 0.3) is 16.9 Å². The van der Waals surface area contributed by atoms with Crippen molar-refractivity contribution < 1.29 is 14.3 Å². The lowest BCUT2D eigenvalue weighted by atomic mass is 10.1. The minimum atomic E-state index is -0.124. The van der Waals surface area contributed by atoms with Gasteiger partial charge in [-0.1, -0.05) is 48.9 Å². The minimum Gasteiger partial charge on any atom is -0.493 e. The van der Waals surface area contributed by atoms with E-state index in [-0.39, 0.29) is 5.91 Å². The summed E-state index contributed by atoms with van der Waals surface area (Å²) in [5.74, 6) is 1.16. The molecule has 0 atom stereocenters. The molecule has 0 aliphatic heterocycles. The average molecular weight is 481 g/mol. The Hall–Kier alpha value is -3.99. The molecular formula is C31H32N2O3. The molecule has 1 N–H and O–H groups in total. The Morgan fingerprint density at radius 3 is 2.39 bits per heavy atom. The minimum absolute atomic E-state index is 0.124. The fraction of sp³-hybridized carbons (Fsp3) is 0.258. The lowest BCUT2D eigenvalue weighted by Crippen LogP contribution is -2.23. The maximum Gasteiger partial charge on any atom is 0.251 e. The molecule has 0 saturated carbocycles. The van der Waals surface area contributed by atoms with E-state index in [1.165, 1.54) is 41.8 Å². The Morgan fingerprint density at radius 1 is 0.861 bits per heavy atom. The highest BCUT2D eigenvalue weighted by molar-refractivity contribution is 5.94. The molecule has 184 valence electrons. The van der Waals surface area contributed by atoms with Crippen LogP contribution in [0.1, 0.15) is 46.4 Å². The number of aromatic nitrogens is 1. The van der Waals surface area contributed by atoms with Crippen LogP contribution in [0, 0.1) is 0 Å². The standard InChI is InChI=1S/C31H32N2O3/c1-35-29-15-9-13-25(30(29)36-2)21-32-31(34)23-16-18-26(19-17-23)33-27-14-8-4-7-12-24(27)20-28(33)22-10-5-3-6-11-22/h3,5-6,9-11,13,15-20H,4,7-8,12,14,21H2,1-2H3,(H,32,34). The van der Waals surface area contributed by atoms with E-state index in [0.717, 1.165) is 24.1 Å². The van der Waals surface area contributed by atoms with Crippen molar-refractivity contribution >= 4 is 5.91 Å². The highest BCUT2D eigenvalue weighted by atomic mass is 16.5. The zero-order valence-corrected chi connectivity index (χ0v) is 20.9. The van der Waals surface area contributed by atoms with Crippen molar-refractivity contribution in [2.24, 2.45) is 0 Å². The van der Waals surface area contributed by atoms with Crippen LogP contribution in [-0.2, 0) is 19.4 Å². The highest BCUT2D eigenvalue weighted by Crippen LogP contribution is 2.34. The second-order valence-electron chi connectivity index (χ2n) is 9.15. The predicted octanol–water partition coefficient (Wildman–Crippen LogP) is 6.36. The number of hydrogen-bond acceptors (Lipinski definition) is 3. The zero-order valence-electron chi connectivity index (χ0n) is 20.9. The lowest BCUT2D eigenvalue weighted by molar-refractivity contribution is 0.0950. The third kappa shape index (κ3) is 4.74.